The molecule has 0 aliphatic rings. The predicted octanol–water partition coefficient (Wildman–Crippen LogP) is 4.63. The standard InChI is InChI=1S/C22H22N4O2/c1-15-11-18-19(26(15)14-16-7-8-21(27-3)25-13-16)5-4-6-20(18)28-22-12-17(23-2)9-10-24-22/h4-13H,14H2,1-3H3,(H,23,24). The zero-order valence-electron chi connectivity index (χ0n) is 16.1. The van der Waals surface area contributed by atoms with Gasteiger partial charge in [0.05, 0.1) is 12.6 Å². The molecular weight excluding hydrogens is 352 g/mol. The molecule has 1 N–H and O–H groups in total. The van der Waals surface area contributed by atoms with Gasteiger partial charge >= 0.3 is 0 Å². The van der Waals surface area contributed by atoms with E-state index in [1.54, 1.807) is 13.3 Å². The summed E-state index contributed by atoms with van der Waals surface area (Å²) in [5.41, 5.74) is 4.32. The van der Waals surface area contributed by atoms with Crippen LogP contribution in [0.1, 0.15) is 11.3 Å². The van der Waals surface area contributed by atoms with E-state index in [4.69, 9.17) is 9.47 Å². The molecule has 3 heterocycles. The molecule has 0 bridgehead atoms. The first-order valence-corrected chi connectivity index (χ1v) is 9.07. The van der Waals surface area contributed by atoms with Crippen molar-refractivity contribution in [2.24, 2.45) is 0 Å². The number of pyridine rings is 2. The number of ether oxygens (including phenoxy) is 2. The van der Waals surface area contributed by atoms with E-state index in [1.807, 2.05) is 49.6 Å². The minimum absolute atomic E-state index is 0.559. The van der Waals surface area contributed by atoms with Crippen molar-refractivity contribution in [1.29, 1.82) is 0 Å². The molecule has 1 aromatic carbocycles. The Morgan fingerprint density at radius 3 is 2.68 bits per heavy atom. The van der Waals surface area contributed by atoms with Gasteiger partial charge in [0.2, 0.25) is 11.8 Å². The molecule has 0 spiro atoms. The summed E-state index contributed by atoms with van der Waals surface area (Å²) in [6.45, 7) is 2.82. The molecule has 0 atom stereocenters. The van der Waals surface area contributed by atoms with Crippen molar-refractivity contribution < 1.29 is 9.47 Å². The van der Waals surface area contributed by atoms with E-state index in [0.717, 1.165) is 40.1 Å². The Morgan fingerprint density at radius 1 is 1.04 bits per heavy atom. The Kier molecular flexibility index (Phi) is 4.85. The molecular formula is C22H22N4O2. The van der Waals surface area contributed by atoms with Crippen LogP contribution in [0.3, 0.4) is 0 Å². The average molecular weight is 374 g/mol. The van der Waals surface area contributed by atoms with Gasteiger partial charge in [-0.05, 0) is 36.8 Å². The van der Waals surface area contributed by atoms with Crippen LogP contribution in [0.5, 0.6) is 17.5 Å². The summed E-state index contributed by atoms with van der Waals surface area (Å²) < 4.78 is 13.5. The molecule has 0 saturated carbocycles. The fourth-order valence-corrected chi connectivity index (χ4v) is 3.23. The largest absolute Gasteiger partial charge is 0.481 e. The second-order valence-electron chi connectivity index (χ2n) is 6.50. The third-order valence-electron chi connectivity index (χ3n) is 4.70. The van der Waals surface area contributed by atoms with Crippen LogP contribution in [0.4, 0.5) is 5.69 Å². The summed E-state index contributed by atoms with van der Waals surface area (Å²) in [5, 5.41) is 4.15. The normalized spacial score (nSPS) is 10.8. The molecule has 142 valence electrons. The predicted molar refractivity (Wildman–Crippen MR) is 110 cm³/mol. The second-order valence-corrected chi connectivity index (χ2v) is 6.50. The van der Waals surface area contributed by atoms with Crippen molar-refractivity contribution in [3.05, 3.63) is 72.2 Å². The third kappa shape index (κ3) is 3.49. The number of nitrogens with zero attached hydrogens (tertiary/aromatic N) is 3. The molecule has 0 unspecified atom stereocenters. The molecule has 0 aliphatic carbocycles. The number of nitrogens with one attached hydrogen (secondary N) is 1. The molecule has 4 rings (SSSR count). The Balaban J connectivity index is 1.68. The number of methoxy groups -OCH3 is 1. The quantitative estimate of drug-likeness (QED) is 0.533. The number of aryl methyl sites for hydroxylation is 1. The minimum atomic E-state index is 0.559. The summed E-state index contributed by atoms with van der Waals surface area (Å²) >= 11 is 0. The van der Waals surface area contributed by atoms with Crippen LogP contribution >= 0.6 is 0 Å². The summed E-state index contributed by atoms with van der Waals surface area (Å²) in [6, 6.07) is 15.9. The van der Waals surface area contributed by atoms with Crippen LogP contribution in [0.2, 0.25) is 0 Å². The van der Waals surface area contributed by atoms with Gasteiger partial charge in [0.25, 0.3) is 0 Å². The van der Waals surface area contributed by atoms with E-state index in [1.165, 1.54) is 0 Å². The van der Waals surface area contributed by atoms with Gasteiger partial charge in [0.15, 0.2) is 0 Å². The Labute approximate surface area is 163 Å². The first kappa shape index (κ1) is 17.9. The highest BCUT2D eigenvalue weighted by Gasteiger charge is 2.12. The molecule has 4 aromatic rings. The lowest BCUT2D eigenvalue weighted by molar-refractivity contribution is 0.397. The van der Waals surface area contributed by atoms with Crippen LogP contribution in [-0.4, -0.2) is 28.7 Å². The lowest BCUT2D eigenvalue weighted by Crippen LogP contribution is -2.02. The van der Waals surface area contributed by atoms with E-state index in [-0.39, 0.29) is 0 Å². The van der Waals surface area contributed by atoms with Gasteiger partial charge in [0.1, 0.15) is 5.75 Å². The first-order chi connectivity index (χ1) is 13.7. The number of benzene rings is 1. The van der Waals surface area contributed by atoms with E-state index in [9.17, 15) is 0 Å². The van der Waals surface area contributed by atoms with Crippen molar-refractivity contribution in [2.45, 2.75) is 13.5 Å². The molecule has 0 saturated heterocycles. The molecule has 0 amide bonds. The number of fused-ring (bicyclic) bond motifs is 1. The zero-order valence-corrected chi connectivity index (χ0v) is 16.1. The summed E-state index contributed by atoms with van der Waals surface area (Å²) in [5.74, 6) is 1.96. The second kappa shape index (κ2) is 7.60. The zero-order chi connectivity index (χ0) is 19.5. The molecule has 3 aromatic heterocycles. The maximum atomic E-state index is 6.09. The van der Waals surface area contributed by atoms with Crippen LogP contribution < -0.4 is 14.8 Å². The van der Waals surface area contributed by atoms with E-state index in [2.05, 4.69) is 38.9 Å². The SMILES string of the molecule is CNc1ccnc(Oc2cccc3c2cc(C)n3Cc2ccc(OC)nc2)c1. The maximum absolute atomic E-state index is 6.09. The van der Waals surface area contributed by atoms with E-state index < -0.39 is 0 Å². The van der Waals surface area contributed by atoms with Gasteiger partial charge < -0.3 is 19.4 Å². The first-order valence-electron chi connectivity index (χ1n) is 9.07. The number of aromatic nitrogens is 3. The van der Waals surface area contributed by atoms with Gasteiger partial charge in [-0.2, -0.15) is 0 Å². The number of anilines is 1. The topological polar surface area (TPSA) is 61.2 Å². The molecule has 6 nitrogen and oxygen atoms in total. The number of hydrogen-bond donors (Lipinski definition) is 1. The van der Waals surface area contributed by atoms with Crippen LogP contribution in [0.25, 0.3) is 10.9 Å². The minimum Gasteiger partial charge on any atom is -0.481 e. The highest BCUT2D eigenvalue weighted by Crippen LogP contribution is 2.32. The molecule has 28 heavy (non-hydrogen) atoms. The Morgan fingerprint density at radius 2 is 1.93 bits per heavy atom. The molecule has 0 fully saturated rings. The van der Waals surface area contributed by atoms with Crippen LogP contribution in [0.15, 0.2) is 60.9 Å². The van der Waals surface area contributed by atoms with Gasteiger partial charge in [-0.3, -0.25) is 0 Å². The van der Waals surface area contributed by atoms with Crippen molar-refractivity contribution in [2.75, 3.05) is 19.5 Å². The average Bonchev–Trinajstić information content (AvgIpc) is 3.05. The highest BCUT2D eigenvalue weighted by atomic mass is 16.5. The van der Waals surface area contributed by atoms with E-state index in [0.29, 0.717) is 11.8 Å². The lowest BCUT2D eigenvalue weighted by Gasteiger charge is -2.10. The Bertz CT molecular complexity index is 1100. The molecule has 0 radical (unpaired) electrons. The third-order valence-corrected chi connectivity index (χ3v) is 4.70. The van der Waals surface area contributed by atoms with Crippen molar-refractivity contribution in [3.63, 3.8) is 0 Å². The van der Waals surface area contributed by atoms with Crippen molar-refractivity contribution in [1.82, 2.24) is 14.5 Å². The molecule has 0 aliphatic heterocycles. The fraction of sp³-hybridized carbons (Fsp3) is 0.182. The Hall–Kier alpha value is -3.54. The van der Waals surface area contributed by atoms with Crippen molar-refractivity contribution in [3.8, 4) is 17.5 Å². The molecule has 6 heteroatoms. The van der Waals surface area contributed by atoms with Gasteiger partial charge in [-0.15, -0.1) is 0 Å². The van der Waals surface area contributed by atoms with Gasteiger partial charge in [-0.25, -0.2) is 9.97 Å². The monoisotopic (exact) mass is 374 g/mol. The maximum Gasteiger partial charge on any atom is 0.221 e. The van der Waals surface area contributed by atoms with Gasteiger partial charge in [-0.1, -0.05) is 12.1 Å². The number of rotatable bonds is 6. The fourth-order valence-electron chi connectivity index (χ4n) is 3.23. The van der Waals surface area contributed by atoms with Crippen LogP contribution in [0, 0.1) is 6.92 Å². The summed E-state index contributed by atoms with van der Waals surface area (Å²) in [4.78, 5) is 8.62. The lowest BCUT2D eigenvalue weighted by atomic mass is 10.2. The van der Waals surface area contributed by atoms with E-state index >= 15 is 0 Å². The van der Waals surface area contributed by atoms with Crippen molar-refractivity contribution >= 4 is 16.6 Å². The summed E-state index contributed by atoms with van der Waals surface area (Å²) in [6.07, 6.45) is 3.58. The summed E-state index contributed by atoms with van der Waals surface area (Å²) in [7, 11) is 3.49. The number of hydrogen-bond acceptors (Lipinski definition) is 5. The van der Waals surface area contributed by atoms with Gasteiger partial charge in [0, 0.05) is 54.9 Å². The highest BCUT2D eigenvalue weighted by molar-refractivity contribution is 5.87. The smallest absolute Gasteiger partial charge is 0.221 e. The van der Waals surface area contributed by atoms with Crippen LogP contribution in [-0.2, 0) is 6.54 Å².